The Labute approximate surface area is 196 Å². The molecule has 0 aromatic heterocycles. The van der Waals surface area contributed by atoms with E-state index in [1.165, 1.54) is 6.07 Å². The average Bonchev–Trinajstić information content (AvgIpc) is 3.33. The van der Waals surface area contributed by atoms with Crippen LogP contribution in [-0.2, 0) is 0 Å². The zero-order valence-corrected chi connectivity index (χ0v) is 18.6. The van der Waals surface area contributed by atoms with Gasteiger partial charge in [-0.25, -0.2) is 0 Å². The van der Waals surface area contributed by atoms with Gasteiger partial charge in [-0.2, -0.15) is 0 Å². The van der Waals surface area contributed by atoms with E-state index in [-0.39, 0.29) is 28.5 Å². The number of ether oxygens (including phenoxy) is 2. The highest BCUT2D eigenvalue weighted by atomic mass is 35.5. The molecular formula is C26H23ClN2O4. The minimum Gasteiger partial charge on any atom is -0.490 e. The summed E-state index contributed by atoms with van der Waals surface area (Å²) < 4.78 is 11.8. The summed E-state index contributed by atoms with van der Waals surface area (Å²) in [5.74, 6) is 1.93. The van der Waals surface area contributed by atoms with Gasteiger partial charge in [0.15, 0.2) is 0 Å². The van der Waals surface area contributed by atoms with Crippen LogP contribution in [0.15, 0.2) is 78.9 Å². The van der Waals surface area contributed by atoms with Crippen LogP contribution in [0, 0.1) is 16.0 Å². The minimum atomic E-state index is -0.387. The van der Waals surface area contributed by atoms with Crippen LogP contribution < -0.4 is 14.8 Å². The quantitative estimate of drug-likeness (QED) is 0.187. The van der Waals surface area contributed by atoms with Crippen molar-refractivity contribution in [2.75, 3.05) is 18.5 Å². The zero-order valence-electron chi connectivity index (χ0n) is 17.8. The maximum Gasteiger partial charge on any atom is 0.269 e. The maximum atomic E-state index is 11.4. The van der Waals surface area contributed by atoms with Gasteiger partial charge in [0.05, 0.1) is 16.7 Å². The number of hydrogen-bond donors (Lipinski definition) is 1. The molecule has 1 aliphatic heterocycles. The van der Waals surface area contributed by atoms with E-state index in [2.05, 4.69) is 23.5 Å². The molecule has 1 N–H and O–H groups in total. The van der Waals surface area contributed by atoms with Crippen molar-refractivity contribution in [3.63, 3.8) is 0 Å². The van der Waals surface area contributed by atoms with E-state index >= 15 is 0 Å². The van der Waals surface area contributed by atoms with Gasteiger partial charge in [0, 0.05) is 28.6 Å². The van der Waals surface area contributed by atoms with Crippen molar-refractivity contribution >= 4 is 23.0 Å². The molecule has 1 aliphatic carbocycles. The van der Waals surface area contributed by atoms with Crippen molar-refractivity contribution in [1.29, 1.82) is 0 Å². The number of para-hydroxylation sites is 2. The summed E-state index contributed by atoms with van der Waals surface area (Å²) in [5, 5.41) is 15.5. The summed E-state index contributed by atoms with van der Waals surface area (Å²) in [6.45, 7) is 0.805. The molecule has 5 rings (SSSR count). The van der Waals surface area contributed by atoms with Gasteiger partial charge in [-0.3, -0.25) is 10.1 Å². The third kappa shape index (κ3) is 4.26. The highest BCUT2D eigenvalue weighted by Crippen LogP contribution is 2.53. The van der Waals surface area contributed by atoms with Gasteiger partial charge in [-0.15, -0.1) is 0 Å². The first-order valence-electron chi connectivity index (χ1n) is 10.9. The van der Waals surface area contributed by atoms with Crippen LogP contribution in [0.5, 0.6) is 11.5 Å². The Kier molecular flexibility index (Phi) is 5.92. The molecule has 33 heavy (non-hydrogen) atoms. The Hall–Kier alpha value is -3.51. The van der Waals surface area contributed by atoms with Gasteiger partial charge in [0.25, 0.3) is 5.69 Å². The number of anilines is 1. The van der Waals surface area contributed by atoms with Crippen LogP contribution in [0.25, 0.3) is 0 Å². The maximum absolute atomic E-state index is 11.4. The second-order valence-corrected chi connectivity index (χ2v) is 8.58. The van der Waals surface area contributed by atoms with Crippen molar-refractivity contribution in [3.8, 4) is 11.5 Å². The normalized spacial score (nSPS) is 20.5. The van der Waals surface area contributed by atoms with E-state index in [4.69, 9.17) is 21.1 Å². The Balaban J connectivity index is 1.40. The molecule has 0 saturated carbocycles. The van der Waals surface area contributed by atoms with E-state index in [0.29, 0.717) is 18.2 Å². The van der Waals surface area contributed by atoms with Gasteiger partial charge in [0.2, 0.25) is 0 Å². The molecule has 0 saturated heterocycles. The number of fused-ring (bicyclic) bond motifs is 3. The Morgan fingerprint density at radius 3 is 2.64 bits per heavy atom. The highest BCUT2D eigenvalue weighted by Gasteiger charge is 2.40. The molecule has 6 nitrogen and oxygen atoms in total. The molecule has 3 atom stereocenters. The molecule has 3 aromatic rings. The molecule has 7 heteroatoms. The predicted molar refractivity (Wildman–Crippen MR) is 128 cm³/mol. The van der Waals surface area contributed by atoms with Crippen molar-refractivity contribution in [1.82, 2.24) is 0 Å². The first-order valence-corrected chi connectivity index (χ1v) is 11.3. The predicted octanol–water partition coefficient (Wildman–Crippen LogP) is 6.53. The molecule has 0 amide bonds. The number of nitrogens with one attached hydrogen (secondary N) is 1. The third-order valence-electron chi connectivity index (χ3n) is 6.24. The SMILES string of the molecule is O=[N+]([O-])c1ccc(Cl)c(C2Nc3c(OCCOc4ccccc4)cccc3C3C=CCC32)c1. The summed E-state index contributed by atoms with van der Waals surface area (Å²) in [6, 6.07) is 20.1. The minimum absolute atomic E-state index is 0.0344. The number of nitro benzene ring substituents is 1. The van der Waals surface area contributed by atoms with E-state index in [1.54, 1.807) is 12.1 Å². The van der Waals surface area contributed by atoms with Crippen LogP contribution in [0.3, 0.4) is 0 Å². The van der Waals surface area contributed by atoms with Crippen molar-refractivity contribution < 1.29 is 14.4 Å². The monoisotopic (exact) mass is 462 g/mol. The highest BCUT2D eigenvalue weighted by molar-refractivity contribution is 6.31. The topological polar surface area (TPSA) is 73.6 Å². The lowest BCUT2D eigenvalue weighted by Crippen LogP contribution is -2.29. The number of rotatable bonds is 7. The van der Waals surface area contributed by atoms with Crippen molar-refractivity contribution in [3.05, 3.63) is 105 Å². The average molecular weight is 463 g/mol. The van der Waals surface area contributed by atoms with Crippen LogP contribution in [-0.4, -0.2) is 18.1 Å². The lowest BCUT2D eigenvalue weighted by molar-refractivity contribution is -0.384. The second-order valence-electron chi connectivity index (χ2n) is 8.17. The number of non-ortho nitro benzene ring substituents is 1. The van der Waals surface area contributed by atoms with Gasteiger partial charge in [-0.05, 0) is 42.2 Å². The van der Waals surface area contributed by atoms with Crippen LogP contribution in [0.4, 0.5) is 11.4 Å². The van der Waals surface area contributed by atoms with Crippen LogP contribution in [0.1, 0.15) is 29.5 Å². The number of nitrogens with zero attached hydrogens (tertiary/aromatic N) is 1. The Bertz CT molecular complexity index is 1200. The van der Waals surface area contributed by atoms with Gasteiger partial charge in [-0.1, -0.05) is 54.1 Å². The molecular weight excluding hydrogens is 440 g/mol. The fraction of sp³-hybridized carbons (Fsp3) is 0.231. The fourth-order valence-corrected chi connectivity index (χ4v) is 4.97. The van der Waals surface area contributed by atoms with Crippen molar-refractivity contribution in [2.45, 2.75) is 18.4 Å². The van der Waals surface area contributed by atoms with Gasteiger partial charge in [0.1, 0.15) is 24.7 Å². The third-order valence-corrected chi connectivity index (χ3v) is 6.58. The summed E-state index contributed by atoms with van der Waals surface area (Å²) in [7, 11) is 0. The molecule has 3 unspecified atom stereocenters. The van der Waals surface area contributed by atoms with Crippen molar-refractivity contribution in [2.24, 2.45) is 5.92 Å². The zero-order chi connectivity index (χ0) is 22.8. The smallest absolute Gasteiger partial charge is 0.269 e. The first-order chi connectivity index (χ1) is 16.1. The number of nitro groups is 1. The molecule has 2 aliphatic rings. The fourth-order valence-electron chi connectivity index (χ4n) is 4.73. The number of allylic oxidation sites excluding steroid dienone is 2. The molecule has 0 spiro atoms. The second kappa shape index (κ2) is 9.16. The van der Waals surface area contributed by atoms with E-state index in [0.717, 1.165) is 34.7 Å². The lowest BCUT2D eigenvalue weighted by atomic mass is 9.77. The number of halogens is 1. The van der Waals surface area contributed by atoms with E-state index in [1.807, 2.05) is 42.5 Å². The summed E-state index contributed by atoms with van der Waals surface area (Å²) in [5.41, 5.74) is 2.83. The largest absolute Gasteiger partial charge is 0.490 e. The van der Waals surface area contributed by atoms with Crippen LogP contribution in [0.2, 0.25) is 5.02 Å². The number of benzene rings is 3. The van der Waals surface area contributed by atoms with Gasteiger partial charge < -0.3 is 14.8 Å². The summed E-state index contributed by atoms with van der Waals surface area (Å²) >= 11 is 6.52. The molecule has 168 valence electrons. The Morgan fingerprint density at radius 2 is 1.82 bits per heavy atom. The summed E-state index contributed by atoms with van der Waals surface area (Å²) in [4.78, 5) is 11.0. The summed E-state index contributed by atoms with van der Waals surface area (Å²) in [6.07, 6.45) is 5.26. The first kappa shape index (κ1) is 21.3. The van der Waals surface area contributed by atoms with E-state index < -0.39 is 0 Å². The molecule has 0 fully saturated rings. The molecule has 1 heterocycles. The number of hydrogen-bond acceptors (Lipinski definition) is 5. The van der Waals surface area contributed by atoms with Crippen LogP contribution >= 0.6 is 11.6 Å². The standard InChI is InChI=1S/C26H23ClN2O4/c27-23-13-12-17(29(30)31)16-22(23)25-20-9-4-8-19(20)21-10-5-11-24(26(21)28-25)33-15-14-32-18-6-2-1-3-7-18/h1-8,10-13,16,19-20,25,28H,9,14-15H2. The molecule has 0 radical (unpaired) electrons. The lowest BCUT2D eigenvalue weighted by Gasteiger charge is -2.38. The van der Waals surface area contributed by atoms with E-state index in [9.17, 15) is 10.1 Å². The van der Waals surface area contributed by atoms with Gasteiger partial charge >= 0.3 is 0 Å². The molecule has 3 aromatic carbocycles. The Morgan fingerprint density at radius 1 is 1.00 bits per heavy atom. The molecule has 0 bridgehead atoms.